The lowest BCUT2D eigenvalue weighted by Crippen LogP contribution is -2.29. The van der Waals surface area contributed by atoms with Crippen LogP contribution in [0.5, 0.6) is 0 Å². The largest absolute Gasteiger partial charge is 0.370 e. The smallest absolute Gasteiger partial charge is 0.271 e. The van der Waals surface area contributed by atoms with Gasteiger partial charge in [-0.25, -0.2) is 0 Å². The van der Waals surface area contributed by atoms with Gasteiger partial charge in [-0.2, -0.15) is 0 Å². The van der Waals surface area contributed by atoms with Crippen LogP contribution in [0.15, 0.2) is 12.1 Å². The van der Waals surface area contributed by atoms with Gasteiger partial charge in [0, 0.05) is 18.7 Å². The number of primary amides is 1. The normalized spacial score (nSPS) is 10.2. The van der Waals surface area contributed by atoms with Crippen molar-refractivity contribution < 1.29 is 19.2 Å². The molecule has 21 heavy (non-hydrogen) atoms. The van der Waals surface area contributed by atoms with Gasteiger partial charge in [-0.3, -0.25) is 19.7 Å². The van der Waals surface area contributed by atoms with Gasteiger partial charge in [-0.1, -0.05) is 23.2 Å². The van der Waals surface area contributed by atoms with Crippen molar-refractivity contribution in [3.63, 3.8) is 0 Å². The molecule has 0 unspecified atom stereocenters. The molecule has 1 rings (SSSR count). The highest BCUT2D eigenvalue weighted by Crippen LogP contribution is 2.30. The first-order valence-corrected chi connectivity index (χ1v) is 6.36. The first-order valence-electron chi connectivity index (χ1n) is 5.60. The average Bonchev–Trinajstić information content (AvgIpc) is 2.40. The summed E-state index contributed by atoms with van der Waals surface area (Å²) in [7, 11) is 0. The van der Waals surface area contributed by atoms with Crippen LogP contribution in [0.2, 0.25) is 10.0 Å². The number of nitro groups is 1. The lowest BCUT2D eigenvalue weighted by molar-refractivity contribution is -0.384. The lowest BCUT2D eigenvalue weighted by Gasteiger charge is -2.08. The number of benzene rings is 1. The van der Waals surface area contributed by atoms with Crippen molar-refractivity contribution in [1.29, 1.82) is 0 Å². The molecule has 0 fully saturated rings. The molecule has 0 aliphatic carbocycles. The maximum atomic E-state index is 11.9. The molecule has 114 valence electrons. The Hall–Kier alpha value is -1.90. The number of carbonyl (C=O) groups is 2. The van der Waals surface area contributed by atoms with Gasteiger partial charge in [-0.05, 0) is 0 Å². The van der Waals surface area contributed by atoms with Crippen molar-refractivity contribution in [3.05, 3.63) is 37.9 Å². The minimum Gasteiger partial charge on any atom is -0.370 e. The van der Waals surface area contributed by atoms with Gasteiger partial charge in [0.05, 0.1) is 27.1 Å². The highest BCUT2D eigenvalue weighted by Gasteiger charge is 2.19. The third-order valence-electron chi connectivity index (χ3n) is 2.24. The Bertz CT molecular complexity index is 579. The van der Waals surface area contributed by atoms with E-state index < -0.39 is 16.7 Å². The van der Waals surface area contributed by atoms with E-state index in [1.165, 1.54) is 0 Å². The van der Waals surface area contributed by atoms with E-state index in [0.717, 1.165) is 12.1 Å². The standard InChI is InChI=1S/C11H11Cl2N3O5/c12-8-4-6(16(19)20)3-7(10(8)13)11(18)15-1-2-21-5-9(14)17/h3-4H,1-2,5H2,(H2,14,17)(H,15,18). The van der Waals surface area contributed by atoms with Crippen LogP contribution in [0.4, 0.5) is 5.69 Å². The maximum absolute atomic E-state index is 11.9. The summed E-state index contributed by atoms with van der Waals surface area (Å²) >= 11 is 11.6. The molecular formula is C11H11Cl2N3O5. The number of rotatable bonds is 7. The molecule has 0 saturated heterocycles. The van der Waals surface area contributed by atoms with Crippen LogP contribution in [-0.2, 0) is 9.53 Å². The van der Waals surface area contributed by atoms with Gasteiger partial charge in [0.1, 0.15) is 6.61 Å². The van der Waals surface area contributed by atoms with Crippen molar-refractivity contribution in [1.82, 2.24) is 5.32 Å². The number of nitrogens with zero attached hydrogens (tertiary/aromatic N) is 1. The highest BCUT2D eigenvalue weighted by atomic mass is 35.5. The first kappa shape index (κ1) is 17.2. The SMILES string of the molecule is NC(=O)COCCNC(=O)c1cc([N+](=O)[O-])cc(Cl)c1Cl. The average molecular weight is 336 g/mol. The molecule has 3 N–H and O–H groups in total. The zero-order chi connectivity index (χ0) is 16.0. The number of amides is 2. The fraction of sp³-hybridized carbons (Fsp3) is 0.273. The van der Waals surface area contributed by atoms with Gasteiger partial charge < -0.3 is 15.8 Å². The number of hydrogen-bond acceptors (Lipinski definition) is 5. The number of nitrogens with two attached hydrogens (primary N) is 1. The van der Waals surface area contributed by atoms with Gasteiger partial charge >= 0.3 is 0 Å². The number of non-ortho nitro benzene ring substituents is 1. The van der Waals surface area contributed by atoms with Crippen molar-refractivity contribution in [2.75, 3.05) is 19.8 Å². The summed E-state index contributed by atoms with van der Waals surface area (Å²) in [6.07, 6.45) is 0. The van der Waals surface area contributed by atoms with Crippen LogP contribution in [0.3, 0.4) is 0 Å². The van der Waals surface area contributed by atoms with Crippen LogP contribution in [0, 0.1) is 10.1 Å². The summed E-state index contributed by atoms with van der Waals surface area (Å²) in [4.78, 5) is 32.3. The van der Waals surface area contributed by atoms with E-state index in [-0.39, 0.29) is 41.1 Å². The van der Waals surface area contributed by atoms with Crippen LogP contribution in [0.1, 0.15) is 10.4 Å². The van der Waals surface area contributed by atoms with Crippen molar-refractivity contribution >= 4 is 40.7 Å². The predicted molar refractivity (Wildman–Crippen MR) is 75.5 cm³/mol. The minimum absolute atomic E-state index is 0.0506. The number of hydrogen-bond donors (Lipinski definition) is 2. The van der Waals surface area contributed by atoms with Crippen LogP contribution in [0.25, 0.3) is 0 Å². The topological polar surface area (TPSA) is 125 Å². The molecule has 0 aliphatic heterocycles. The third-order valence-corrected chi connectivity index (χ3v) is 3.05. The molecule has 0 bridgehead atoms. The van der Waals surface area contributed by atoms with E-state index >= 15 is 0 Å². The minimum atomic E-state index is -0.686. The summed E-state index contributed by atoms with van der Waals surface area (Å²) in [5.41, 5.74) is 4.39. The van der Waals surface area contributed by atoms with Gasteiger partial charge in [0.25, 0.3) is 11.6 Å². The lowest BCUT2D eigenvalue weighted by atomic mass is 10.2. The molecule has 2 amide bonds. The molecule has 0 aliphatic rings. The van der Waals surface area contributed by atoms with Gasteiger partial charge in [0.2, 0.25) is 5.91 Å². The molecule has 1 aromatic rings. The number of nitro benzene ring substituents is 1. The van der Waals surface area contributed by atoms with E-state index in [9.17, 15) is 19.7 Å². The molecule has 0 aromatic heterocycles. The van der Waals surface area contributed by atoms with E-state index in [4.69, 9.17) is 33.7 Å². The molecule has 1 aromatic carbocycles. The summed E-state index contributed by atoms with van der Waals surface area (Å²) in [6.45, 7) is -0.142. The second kappa shape index (κ2) is 7.77. The van der Waals surface area contributed by atoms with E-state index in [0.29, 0.717) is 0 Å². The van der Waals surface area contributed by atoms with Crippen molar-refractivity contribution in [2.45, 2.75) is 0 Å². The Balaban J connectivity index is 2.69. The van der Waals surface area contributed by atoms with E-state index in [2.05, 4.69) is 5.32 Å². The van der Waals surface area contributed by atoms with Crippen molar-refractivity contribution in [3.8, 4) is 0 Å². The number of ether oxygens (including phenoxy) is 1. The summed E-state index contributed by atoms with van der Waals surface area (Å²) in [5, 5.41) is 13.0. The van der Waals surface area contributed by atoms with E-state index in [1.54, 1.807) is 0 Å². The Morgan fingerprint density at radius 2 is 2.05 bits per heavy atom. The first-order chi connectivity index (χ1) is 9.82. The maximum Gasteiger partial charge on any atom is 0.271 e. The number of halogens is 2. The third kappa shape index (κ3) is 5.18. The Kier molecular flexibility index (Phi) is 6.35. The molecule has 0 saturated carbocycles. The Morgan fingerprint density at radius 3 is 2.62 bits per heavy atom. The highest BCUT2D eigenvalue weighted by molar-refractivity contribution is 6.44. The summed E-state index contributed by atoms with van der Waals surface area (Å²) in [6, 6.07) is 2.07. The molecule has 0 atom stereocenters. The summed E-state index contributed by atoms with van der Waals surface area (Å²) in [5.74, 6) is -1.27. The Labute approximate surface area is 129 Å². The number of carbonyl (C=O) groups excluding carboxylic acids is 2. The fourth-order valence-electron chi connectivity index (χ4n) is 1.35. The monoisotopic (exact) mass is 335 g/mol. The van der Waals surface area contributed by atoms with Gasteiger partial charge in [-0.15, -0.1) is 0 Å². The molecule has 0 radical (unpaired) electrons. The van der Waals surface area contributed by atoms with Gasteiger partial charge in [0.15, 0.2) is 0 Å². The van der Waals surface area contributed by atoms with Crippen LogP contribution in [-0.4, -0.2) is 36.5 Å². The van der Waals surface area contributed by atoms with Crippen LogP contribution < -0.4 is 11.1 Å². The van der Waals surface area contributed by atoms with Crippen LogP contribution >= 0.6 is 23.2 Å². The Morgan fingerprint density at radius 1 is 1.38 bits per heavy atom. The molecule has 0 spiro atoms. The molecule has 8 nitrogen and oxygen atoms in total. The number of nitrogens with one attached hydrogen (secondary N) is 1. The van der Waals surface area contributed by atoms with Crippen molar-refractivity contribution in [2.24, 2.45) is 5.73 Å². The molecular weight excluding hydrogens is 325 g/mol. The fourth-order valence-corrected chi connectivity index (χ4v) is 1.76. The molecule has 10 heteroatoms. The second-order valence-corrected chi connectivity index (χ2v) is 4.61. The zero-order valence-corrected chi connectivity index (χ0v) is 12.1. The molecule has 0 heterocycles. The second-order valence-electron chi connectivity index (χ2n) is 3.82. The summed E-state index contributed by atoms with van der Waals surface area (Å²) < 4.78 is 4.84. The van der Waals surface area contributed by atoms with E-state index in [1.807, 2.05) is 0 Å². The quantitative estimate of drug-likeness (QED) is 0.439. The predicted octanol–water partition coefficient (Wildman–Crippen LogP) is 1.13. The zero-order valence-electron chi connectivity index (χ0n) is 10.6.